The van der Waals surface area contributed by atoms with Crippen molar-refractivity contribution in [3.05, 3.63) is 0 Å². The summed E-state index contributed by atoms with van der Waals surface area (Å²) in [4.78, 5) is 12.9. The van der Waals surface area contributed by atoms with E-state index < -0.39 is 17.0 Å². The van der Waals surface area contributed by atoms with Crippen molar-refractivity contribution in [2.24, 2.45) is 22.7 Å². The number of hydrogen-bond acceptors (Lipinski definition) is 1. The zero-order valence-corrected chi connectivity index (χ0v) is 13.1. The molecule has 3 aliphatic rings. The Morgan fingerprint density at radius 2 is 1.55 bits per heavy atom. The van der Waals surface area contributed by atoms with Crippen molar-refractivity contribution >= 4 is 5.78 Å². The van der Waals surface area contributed by atoms with E-state index in [2.05, 4.69) is 13.8 Å². The molecular formula is C18H29FO. The number of hydrogen-bond donors (Lipinski definition) is 0. The van der Waals surface area contributed by atoms with Crippen molar-refractivity contribution in [1.82, 2.24) is 0 Å². The lowest BCUT2D eigenvalue weighted by Gasteiger charge is -2.61. The van der Waals surface area contributed by atoms with E-state index >= 15 is 4.39 Å². The molecule has 0 amide bonds. The van der Waals surface area contributed by atoms with Crippen LogP contribution in [0.5, 0.6) is 0 Å². The Morgan fingerprint density at radius 1 is 1.05 bits per heavy atom. The molecule has 0 heterocycles. The molecule has 114 valence electrons. The van der Waals surface area contributed by atoms with Crippen LogP contribution in [0.2, 0.25) is 0 Å². The van der Waals surface area contributed by atoms with Gasteiger partial charge in [-0.25, -0.2) is 4.39 Å². The second-order valence-electron chi connectivity index (χ2n) is 7.92. The summed E-state index contributed by atoms with van der Waals surface area (Å²) in [5, 5.41) is 0. The van der Waals surface area contributed by atoms with Gasteiger partial charge < -0.3 is 0 Å². The monoisotopic (exact) mass is 280 g/mol. The van der Waals surface area contributed by atoms with Crippen molar-refractivity contribution in [3.63, 3.8) is 0 Å². The predicted octanol–water partition coefficient (Wildman–Crippen LogP) is 5.08. The first-order chi connectivity index (χ1) is 9.55. The zero-order valence-electron chi connectivity index (χ0n) is 13.1. The first-order valence-corrected chi connectivity index (χ1v) is 8.74. The topological polar surface area (TPSA) is 17.1 Å². The van der Waals surface area contributed by atoms with Crippen LogP contribution in [0.3, 0.4) is 0 Å². The van der Waals surface area contributed by atoms with Crippen LogP contribution >= 0.6 is 0 Å². The average molecular weight is 280 g/mol. The minimum Gasteiger partial charge on any atom is -0.298 e. The molecule has 1 nitrogen and oxygen atoms in total. The standard InChI is InChI=1S/C18H29FO/c1-3-4-14-7-11-18(12-8-14)15(19)17(16(18)20)9-5-13(2)6-10-17/h13-15H,3-12H2,1-2H3/t13?,14?,15-,17?,18?/m0/s1. The van der Waals surface area contributed by atoms with Gasteiger partial charge in [0.05, 0.1) is 10.8 Å². The van der Waals surface area contributed by atoms with Gasteiger partial charge in [0.2, 0.25) is 0 Å². The lowest BCUT2D eigenvalue weighted by atomic mass is 9.42. The highest BCUT2D eigenvalue weighted by Gasteiger charge is 2.71. The molecule has 2 heteroatoms. The molecule has 0 unspecified atom stereocenters. The van der Waals surface area contributed by atoms with Crippen LogP contribution in [0, 0.1) is 22.7 Å². The van der Waals surface area contributed by atoms with Crippen LogP contribution in [0.4, 0.5) is 4.39 Å². The minimum atomic E-state index is -0.836. The fourth-order valence-corrected chi connectivity index (χ4v) is 5.31. The first kappa shape index (κ1) is 14.5. The highest BCUT2D eigenvalue weighted by Crippen LogP contribution is 2.65. The Morgan fingerprint density at radius 3 is 2.00 bits per heavy atom. The molecule has 0 saturated heterocycles. The van der Waals surface area contributed by atoms with E-state index in [1.807, 2.05) is 0 Å². The minimum absolute atomic E-state index is 0.319. The highest BCUT2D eigenvalue weighted by molar-refractivity contribution is 5.98. The van der Waals surface area contributed by atoms with E-state index in [9.17, 15) is 4.79 Å². The molecule has 3 rings (SSSR count). The molecule has 3 aliphatic carbocycles. The Labute approximate surface area is 122 Å². The quantitative estimate of drug-likeness (QED) is 0.689. The number of carbonyl (C=O) groups is 1. The first-order valence-electron chi connectivity index (χ1n) is 8.74. The van der Waals surface area contributed by atoms with Crippen molar-refractivity contribution in [2.45, 2.75) is 84.2 Å². The van der Waals surface area contributed by atoms with E-state index in [0.29, 0.717) is 11.7 Å². The SMILES string of the molecule is CCCC1CCC2(CC1)C(=O)C1(CCC(C)CC1)[C@@H]2F. The fourth-order valence-electron chi connectivity index (χ4n) is 5.31. The third-order valence-corrected chi connectivity index (χ3v) is 6.74. The number of ketones is 1. The van der Waals surface area contributed by atoms with Gasteiger partial charge in [0.15, 0.2) is 5.78 Å². The second-order valence-corrected chi connectivity index (χ2v) is 7.92. The van der Waals surface area contributed by atoms with Gasteiger partial charge in [0, 0.05) is 0 Å². The average Bonchev–Trinajstić information content (AvgIpc) is 2.48. The third kappa shape index (κ3) is 1.89. The van der Waals surface area contributed by atoms with E-state index in [4.69, 9.17) is 0 Å². The Balaban J connectivity index is 1.68. The number of rotatable bonds is 2. The van der Waals surface area contributed by atoms with E-state index in [1.54, 1.807) is 0 Å². The maximum atomic E-state index is 15.1. The summed E-state index contributed by atoms with van der Waals surface area (Å²) in [7, 11) is 0. The Kier molecular flexibility index (Phi) is 3.71. The summed E-state index contributed by atoms with van der Waals surface area (Å²) < 4.78 is 15.1. The summed E-state index contributed by atoms with van der Waals surface area (Å²) in [5.41, 5.74) is -1.10. The number of carbonyl (C=O) groups excluding carboxylic acids is 1. The van der Waals surface area contributed by atoms with Gasteiger partial charge >= 0.3 is 0 Å². The largest absolute Gasteiger partial charge is 0.298 e. The van der Waals surface area contributed by atoms with Gasteiger partial charge in [-0.05, 0) is 63.2 Å². The summed E-state index contributed by atoms with van der Waals surface area (Å²) in [6, 6.07) is 0. The van der Waals surface area contributed by atoms with Crippen LogP contribution < -0.4 is 0 Å². The van der Waals surface area contributed by atoms with Gasteiger partial charge in [-0.15, -0.1) is 0 Å². The molecule has 0 N–H and O–H groups in total. The summed E-state index contributed by atoms with van der Waals surface area (Å²) >= 11 is 0. The molecule has 2 spiro atoms. The highest BCUT2D eigenvalue weighted by atomic mass is 19.1. The molecule has 3 saturated carbocycles. The summed E-state index contributed by atoms with van der Waals surface area (Å²) in [5.74, 6) is 1.74. The van der Waals surface area contributed by atoms with Crippen LogP contribution in [-0.2, 0) is 4.79 Å². The lowest BCUT2D eigenvalue weighted by Crippen LogP contribution is -2.69. The molecule has 0 aromatic heterocycles. The van der Waals surface area contributed by atoms with Crippen LogP contribution in [0.1, 0.15) is 78.1 Å². The third-order valence-electron chi connectivity index (χ3n) is 6.74. The van der Waals surface area contributed by atoms with Gasteiger partial charge in [-0.3, -0.25) is 4.79 Å². The van der Waals surface area contributed by atoms with Crippen LogP contribution in [0.15, 0.2) is 0 Å². The normalized spacial score (nSPS) is 48.5. The van der Waals surface area contributed by atoms with Gasteiger partial charge in [0.25, 0.3) is 0 Å². The summed E-state index contributed by atoms with van der Waals surface area (Å²) in [6.07, 6.45) is 9.15. The molecule has 1 atom stereocenters. The maximum Gasteiger partial charge on any atom is 0.151 e. The molecule has 0 aromatic rings. The van der Waals surface area contributed by atoms with Crippen LogP contribution in [-0.4, -0.2) is 12.0 Å². The maximum absolute atomic E-state index is 15.1. The van der Waals surface area contributed by atoms with Gasteiger partial charge in [-0.1, -0.05) is 26.7 Å². The molecule has 3 fully saturated rings. The number of alkyl halides is 1. The zero-order chi connectivity index (χ0) is 14.4. The van der Waals surface area contributed by atoms with Crippen molar-refractivity contribution in [3.8, 4) is 0 Å². The molecular weight excluding hydrogens is 251 g/mol. The van der Waals surface area contributed by atoms with Crippen LogP contribution in [0.25, 0.3) is 0 Å². The number of halogens is 1. The molecule has 0 aliphatic heterocycles. The van der Waals surface area contributed by atoms with Gasteiger partial charge in [-0.2, -0.15) is 0 Å². The number of Topliss-reactive ketones (excluding diaryl/α,β-unsaturated/α-hetero) is 1. The smallest absolute Gasteiger partial charge is 0.151 e. The van der Waals surface area contributed by atoms with Crippen molar-refractivity contribution < 1.29 is 9.18 Å². The molecule has 0 bridgehead atoms. The fraction of sp³-hybridized carbons (Fsp3) is 0.944. The Hall–Kier alpha value is -0.400. The lowest BCUT2D eigenvalue weighted by molar-refractivity contribution is -0.193. The Bertz CT molecular complexity index is 373. The predicted molar refractivity (Wildman–Crippen MR) is 79.3 cm³/mol. The van der Waals surface area contributed by atoms with Gasteiger partial charge in [0.1, 0.15) is 6.17 Å². The van der Waals surface area contributed by atoms with Crippen molar-refractivity contribution in [2.75, 3.05) is 0 Å². The molecule has 20 heavy (non-hydrogen) atoms. The van der Waals surface area contributed by atoms with Crippen molar-refractivity contribution in [1.29, 1.82) is 0 Å². The van der Waals surface area contributed by atoms with E-state index in [0.717, 1.165) is 57.3 Å². The summed E-state index contributed by atoms with van der Waals surface area (Å²) in [6.45, 7) is 4.45. The second kappa shape index (κ2) is 5.10. The molecule has 0 radical (unpaired) electrons. The van der Waals surface area contributed by atoms with E-state index in [-0.39, 0.29) is 0 Å². The van der Waals surface area contributed by atoms with E-state index in [1.165, 1.54) is 12.8 Å². The molecule has 0 aromatic carbocycles.